The second-order valence-corrected chi connectivity index (χ2v) is 4.95. The van der Waals surface area contributed by atoms with E-state index in [0.29, 0.717) is 17.8 Å². The van der Waals surface area contributed by atoms with Gasteiger partial charge in [-0.05, 0) is 44.2 Å². The summed E-state index contributed by atoms with van der Waals surface area (Å²) in [6.45, 7) is 2.78. The van der Waals surface area contributed by atoms with Crippen LogP contribution in [0, 0.1) is 5.92 Å². The molecule has 5 nitrogen and oxygen atoms in total. The lowest BCUT2D eigenvalue weighted by atomic mass is 9.78. The molecule has 1 heterocycles. The van der Waals surface area contributed by atoms with Crippen LogP contribution in [0.15, 0.2) is 16.5 Å². The van der Waals surface area contributed by atoms with Crippen molar-refractivity contribution in [3.05, 3.63) is 23.7 Å². The summed E-state index contributed by atoms with van der Waals surface area (Å²) >= 11 is 0. The van der Waals surface area contributed by atoms with E-state index < -0.39 is 5.97 Å². The highest BCUT2D eigenvalue weighted by atomic mass is 16.5. The molecule has 0 aliphatic heterocycles. The maximum atomic E-state index is 11.3. The van der Waals surface area contributed by atoms with Crippen LogP contribution < -0.4 is 5.73 Å². The van der Waals surface area contributed by atoms with E-state index in [1.807, 2.05) is 6.92 Å². The molecule has 0 spiro atoms. The van der Waals surface area contributed by atoms with E-state index in [2.05, 4.69) is 4.74 Å². The maximum Gasteiger partial charge on any atom is 0.373 e. The molecule has 2 rings (SSSR count). The highest BCUT2D eigenvalue weighted by molar-refractivity contribution is 5.86. The first-order valence-corrected chi connectivity index (χ1v) is 6.69. The number of hydrogen-bond donors (Lipinski definition) is 1. The lowest BCUT2D eigenvalue weighted by molar-refractivity contribution is -0.0286. The number of esters is 1. The predicted octanol–water partition coefficient (Wildman–Crippen LogP) is 2.27. The van der Waals surface area contributed by atoms with Crippen molar-refractivity contribution in [2.75, 3.05) is 13.7 Å². The van der Waals surface area contributed by atoms with Crippen LogP contribution in [0.2, 0.25) is 0 Å². The van der Waals surface area contributed by atoms with Crippen molar-refractivity contribution in [2.45, 2.75) is 38.3 Å². The summed E-state index contributed by atoms with van der Waals surface area (Å²) in [5, 5.41) is 0. The van der Waals surface area contributed by atoms with E-state index in [-0.39, 0.29) is 11.8 Å². The van der Waals surface area contributed by atoms with Gasteiger partial charge >= 0.3 is 5.97 Å². The van der Waals surface area contributed by atoms with Gasteiger partial charge in [0, 0.05) is 6.61 Å². The third kappa shape index (κ3) is 3.36. The van der Waals surface area contributed by atoms with Crippen molar-refractivity contribution < 1.29 is 18.7 Å². The normalized spacial score (nSPS) is 23.7. The summed E-state index contributed by atoms with van der Waals surface area (Å²) in [6, 6.07) is 3.17. The first-order valence-electron chi connectivity index (χ1n) is 6.69. The Morgan fingerprint density at radius 2 is 2.26 bits per heavy atom. The van der Waals surface area contributed by atoms with E-state index in [9.17, 15) is 4.79 Å². The number of rotatable bonds is 6. The van der Waals surface area contributed by atoms with Gasteiger partial charge < -0.3 is 19.6 Å². The molecular weight excluding hydrogens is 246 g/mol. The number of furan rings is 1. The molecule has 0 aromatic carbocycles. The van der Waals surface area contributed by atoms with Crippen LogP contribution in [0.3, 0.4) is 0 Å². The number of hydrogen-bond acceptors (Lipinski definition) is 5. The SMILES string of the molecule is CCOC1CC(CC(N)c2ccc(C(=O)OC)o2)C1. The molecule has 5 heteroatoms. The zero-order valence-electron chi connectivity index (χ0n) is 11.4. The van der Waals surface area contributed by atoms with E-state index in [4.69, 9.17) is 14.9 Å². The first-order chi connectivity index (χ1) is 9.13. The zero-order chi connectivity index (χ0) is 13.8. The van der Waals surface area contributed by atoms with Crippen LogP contribution in [0.1, 0.15) is 48.5 Å². The summed E-state index contributed by atoms with van der Waals surface area (Å²) in [5.41, 5.74) is 6.09. The van der Waals surface area contributed by atoms with Crippen molar-refractivity contribution in [1.82, 2.24) is 0 Å². The monoisotopic (exact) mass is 267 g/mol. The van der Waals surface area contributed by atoms with Gasteiger partial charge in [-0.2, -0.15) is 0 Å². The Balaban J connectivity index is 1.82. The molecule has 2 N–H and O–H groups in total. The van der Waals surface area contributed by atoms with Crippen LogP contribution >= 0.6 is 0 Å². The molecule has 1 aliphatic carbocycles. The molecule has 0 bridgehead atoms. The Morgan fingerprint density at radius 1 is 1.53 bits per heavy atom. The molecule has 1 fully saturated rings. The third-order valence-corrected chi connectivity index (χ3v) is 3.56. The van der Waals surface area contributed by atoms with Gasteiger partial charge in [-0.3, -0.25) is 0 Å². The standard InChI is InChI=1S/C14H21NO4/c1-3-18-10-6-9(7-10)8-11(15)12-4-5-13(19-12)14(16)17-2/h4-5,9-11H,3,6-8,15H2,1-2H3. The van der Waals surface area contributed by atoms with Crippen LogP contribution in [0.5, 0.6) is 0 Å². The Kier molecular flexibility index (Phi) is 4.61. The molecule has 1 aromatic heterocycles. The van der Waals surface area contributed by atoms with Crippen molar-refractivity contribution in [3.8, 4) is 0 Å². The van der Waals surface area contributed by atoms with Crippen LogP contribution in [-0.2, 0) is 9.47 Å². The second kappa shape index (κ2) is 6.21. The Labute approximate surface area is 113 Å². The highest BCUT2D eigenvalue weighted by Crippen LogP contribution is 2.36. The fraction of sp³-hybridized carbons (Fsp3) is 0.643. The van der Waals surface area contributed by atoms with E-state index >= 15 is 0 Å². The third-order valence-electron chi connectivity index (χ3n) is 3.56. The highest BCUT2D eigenvalue weighted by Gasteiger charge is 2.31. The molecule has 106 valence electrons. The lowest BCUT2D eigenvalue weighted by Gasteiger charge is -2.36. The molecule has 1 saturated carbocycles. The van der Waals surface area contributed by atoms with E-state index in [1.165, 1.54) is 7.11 Å². The molecular formula is C14H21NO4. The number of methoxy groups -OCH3 is 1. The maximum absolute atomic E-state index is 11.3. The van der Waals surface area contributed by atoms with Crippen LogP contribution in [0.25, 0.3) is 0 Å². The second-order valence-electron chi connectivity index (χ2n) is 4.95. The summed E-state index contributed by atoms with van der Waals surface area (Å²) < 4.78 is 15.5. The van der Waals surface area contributed by atoms with Crippen molar-refractivity contribution >= 4 is 5.97 Å². The Bertz CT molecular complexity index is 423. The smallest absolute Gasteiger partial charge is 0.373 e. The first kappa shape index (κ1) is 14.1. The number of carbonyl (C=O) groups excluding carboxylic acids is 1. The van der Waals surface area contributed by atoms with Gasteiger partial charge in [0.1, 0.15) is 5.76 Å². The minimum absolute atomic E-state index is 0.175. The van der Waals surface area contributed by atoms with Gasteiger partial charge in [-0.1, -0.05) is 0 Å². The summed E-state index contributed by atoms with van der Waals surface area (Å²) in [5.74, 6) is 0.950. The molecule has 1 aromatic rings. The topological polar surface area (TPSA) is 74.7 Å². The number of ether oxygens (including phenoxy) is 2. The van der Waals surface area contributed by atoms with Gasteiger partial charge in [-0.15, -0.1) is 0 Å². The van der Waals surface area contributed by atoms with Crippen molar-refractivity contribution in [3.63, 3.8) is 0 Å². The molecule has 0 saturated heterocycles. The average Bonchev–Trinajstić information content (AvgIpc) is 2.84. The Hall–Kier alpha value is -1.33. The van der Waals surface area contributed by atoms with E-state index in [0.717, 1.165) is 25.9 Å². The molecule has 1 atom stereocenters. The lowest BCUT2D eigenvalue weighted by Crippen LogP contribution is -2.33. The zero-order valence-corrected chi connectivity index (χ0v) is 11.4. The number of carbonyl (C=O) groups is 1. The fourth-order valence-electron chi connectivity index (χ4n) is 2.48. The fourth-order valence-corrected chi connectivity index (χ4v) is 2.48. The summed E-state index contributed by atoms with van der Waals surface area (Å²) in [6.07, 6.45) is 3.38. The largest absolute Gasteiger partial charge is 0.463 e. The average molecular weight is 267 g/mol. The Morgan fingerprint density at radius 3 is 2.89 bits per heavy atom. The number of nitrogens with two attached hydrogens (primary N) is 1. The van der Waals surface area contributed by atoms with E-state index in [1.54, 1.807) is 12.1 Å². The molecule has 0 radical (unpaired) electrons. The summed E-state index contributed by atoms with van der Waals surface area (Å²) in [4.78, 5) is 11.3. The quantitative estimate of drug-likeness (QED) is 0.800. The van der Waals surface area contributed by atoms with Crippen molar-refractivity contribution in [1.29, 1.82) is 0 Å². The molecule has 1 unspecified atom stereocenters. The van der Waals surface area contributed by atoms with Crippen LogP contribution in [-0.4, -0.2) is 25.8 Å². The van der Waals surface area contributed by atoms with Crippen LogP contribution in [0.4, 0.5) is 0 Å². The molecule has 19 heavy (non-hydrogen) atoms. The van der Waals surface area contributed by atoms with Gasteiger partial charge in [0.05, 0.1) is 19.3 Å². The minimum Gasteiger partial charge on any atom is -0.463 e. The van der Waals surface area contributed by atoms with Gasteiger partial charge in [0.15, 0.2) is 0 Å². The van der Waals surface area contributed by atoms with Crippen molar-refractivity contribution in [2.24, 2.45) is 11.7 Å². The van der Waals surface area contributed by atoms with Gasteiger partial charge in [-0.25, -0.2) is 4.79 Å². The van der Waals surface area contributed by atoms with Gasteiger partial charge in [0.2, 0.25) is 5.76 Å². The molecule has 1 aliphatic rings. The summed E-state index contributed by atoms with van der Waals surface area (Å²) in [7, 11) is 1.33. The molecule has 0 amide bonds. The predicted molar refractivity (Wildman–Crippen MR) is 69.7 cm³/mol. The minimum atomic E-state index is -0.474. The van der Waals surface area contributed by atoms with Gasteiger partial charge in [0.25, 0.3) is 0 Å².